The number of amides is 1. The molecule has 0 aliphatic heterocycles. The van der Waals surface area contributed by atoms with Crippen LogP contribution in [0.3, 0.4) is 0 Å². The van der Waals surface area contributed by atoms with Crippen LogP contribution in [0, 0.1) is 5.82 Å². The van der Waals surface area contributed by atoms with Crippen LogP contribution < -0.4 is 10.3 Å². The number of benzene rings is 2. The molecule has 27 heavy (non-hydrogen) atoms. The van der Waals surface area contributed by atoms with Crippen LogP contribution in [-0.4, -0.2) is 40.6 Å². The second-order valence-electron chi connectivity index (χ2n) is 5.93. The lowest BCUT2D eigenvalue weighted by atomic mass is 10.2. The van der Waals surface area contributed by atoms with Crippen LogP contribution >= 0.6 is 11.6 Å². The molecule has 0 aliphatic rings. The van der Waals surface area contributed by atoms with Gasteiger partial charge in [0.15, 0.2) is 0 Å². The number of aromatic nitrogens is 2. The molecular weight excluding hydrogens is 373 g/mol. The Kier molecular flexibility index (Phi) is 5.71. The van der Waals surface area contributed by atoms with Gasteiger partial charge < -0.3 is 9.64 Å². The standard InChI is InChI=1S/C19H17ClFN3O3/c1-23(8-9-27-17-5-3-2-4-15(17)20)18(25)11-24-12-22-16-7-6-13(21)10-14(16)19(24)26/h2-7,10,12H,8-9,11H2,1H3. The van der Waals surface area contributed by atoms with Crippen molar-refractivity contribution in [2.45, 2.75) is 6.54 Å². The van der Waals surface area contributed by atoms with E-state index in [1.807, 2.05) is 0 Å². The van der Waals surface area contributed by atoms with Crippen LogP contribution in [-0.2, 0) is 11.3 Å². The summed E-state index contributed by atoms with van der Waals surface area (Å²) in [4.78, 5) is 30.3. The average molecular weight is 390 g/mol. The van der Waals surface area contributed by atoms with Crippen molar-refractivity contribution in [2.24, 2.45) is 0 Å². The number of fused-ring (bicyclic) bond motifs is 1. The maximum absolute atomic E-state index is 13.4. The van der Waals surface area contributed by atoms with Crippen LogP contribution in [0.5, 0.6) is 5.75 Å². The third kappa shape index (κ3) is 4.43. The Bertz CT molecular complexity index is 1040. The summed E-state index contributed by atoms with van der Waals surface area (Å²) in [7, 11) is 1.61. The maximum Gasteiger partial charge on any atom is 0.261 e. The second-order valence-corrected chi connectivity index (χ2v) is 6.34. The van der Waals surface area contributed by atoms with Gasteiger partial charge in [-0.2, -0.15) is 0 Å². The molecule has 0 saturated heterocycles. The van der Waals surface area contributed by atoms with Gasteiger partial charge in [0.25, 0.3) is 5.56 Å². The highest BCUT2D eigenvalue weighted by molar-refractivity contribution is 6.32. The van der Waals surface area contributed by atoms with E-state index < -0.39 is 11.4 Å². The van der Waals surface area contributed by atoms with Gasteiger partial charge in [0, 0.05) is 7.05 Å². The summed E-state index contributed by atoms with van der Waals surface area (Å²) in [6, 6.07) is 10.8. The smallest absolute Gasteiger partial charge is 0.261 e. The molecule has 8 heteroatoms. The monoisotopic (exact) mass is 389 g/mol. The first-order valence-corrected chi connectivity index (χ1v) is 8.59. The first kappa shape index (κ1) is 18.8. The molecular formula is C19H17ClFN3O3. The number of nitrogens with zero attached hydrogens (tertiary/aromatic N) is 3. The van der Waals surface area contributed by atoms with Crippen molar-refractivity contribution in [2.75, 3.05) is 20.2 Å². The van der Waals surface area contributed by atoms with E-state index in [0.717, 1.165) is 10.6 Å². The molecule has 0 aliphatic carbocycles. The number of para-hydroxylation sites is 1. The lowest BCUT2D eigenvalue weighted by Crippen LogP contribution is -2.36. The van der Waals surface area contributed by atoms with Crippen molar-refractivity contribution in [1.82, 2.24) is 14.5 Å². The molecule has 0 spiro atoms. The van der Waals surface area contributed by atoms with E-state index in [9.17, 15) is 14.0 Å². The minimum Gasteiger partial charge on any atom is -0.490 e. The van der Waals surface area contributed by atoms with Crippen LogP contribution in [0.2, 0.25) is 5.02 Å². The van der Waals surface area contributed by atoms with Gasteiger partial charge >= 0.3 is 0 Å². The quantitative estimate of drug-likeness (QED) is 0.650. The second kappa shape index (κ2) is 8.18. The van der Waals surface area contributed by atoms with E-state index in [-0.39, 0.29) is 24.4 Å². The van der Waals surface area contributed by atoms with E-state index in [1.54, 1.807) is 31.3 Å². The predicted molar refractivity (Wildman–Crippen MR) is 101 cm³/mol. The molecule has 0 saturated carbocycles. The molecule has 1 heterocycles. The highest BCUT2D eigenvalue weighted by atomic mass is 35.5. The van der Waals surface area contributed by atoms with Crippen LogP contribution in [0.25, 0.3) is 10.9 Å². The van der Waals surface area contributed by atoms with Crippen molar-refractivity contribution in [3.8, 4) is 5.75 Å². The van der Waals surface area contributed by atoms with Gasteiger partial charge in [-0.05, 0) is 30.3 Å². The van der Waals surface area contributed by atoms with Crippen molar-refractivity contribution in [3.63, 3.8) is 0 Å². The molecule has 0 fully saturated rings. The molecule has 0 bridgehead atoms. The molecule has 0 unspecified atom stereocenters. The molecule has 1 aromatic heterocycles. The molecule has 6 nitrogen and oxygen atoms in total. The largest absolute Gasteiger partial charge is 0.490 e. The SMILES string of the molecule is CN(CCOc1ccccc1Cl)C(=O)Cn1cnc2ccc(F)cc2c1=O. The van der Waals surface area contributed by atoms with E-state index in [1.165, 1.54) is 23.4 Å². The number of ether oxygens (including phenoxy) is 1. The van der Waals surface area contributed by atoms with Gasteiger partial charge in [-0.15, -0.1) is 0 Å². The topological polar surface area (TPSA) is 64.4 Å². The Morgan fingerprint density at radius 2 is 2.07 bits per heavy atom. The zero-order chi connectivity index (χ0) is 19.4. The summed E-state index contributed by atoms with van der Waals surface area (Å²) in [6.45, 7) is 0.372. The fraction of sp³-hybridized carbons (Fsp3) is 0.211. The third-order valence-electron chi connectivity index (χ3n) is 4.04. The fourth-order valence-electron chi connectivity index (χ4n) is 2.49. The lowest BCUT2D eigenvalue weighted by Gasteiger charge is -2.18. The highest BCUT2D eigenvalue weighted by Crippen LogP contribution is 2.22. The van der Waals surface area contributed by atoms with E-state index in [4.69, 9.17) is 16.3 Å². The number of hydrogen-bond acceptors (Lipinski definition) is 4. The van der Waals surface area contributed by atoms with Gasteiger partial charge in [-0.3, -0.25) is 14.2 Å². The summed E-state index contributed by atoms with van der Waals surface area (Å²) in [6.07, 6.45) is 1.29. The van der Waals surface area contributed by atoms with Crippen molar-refractivity contribution in [1.29, 1.82) is 0 Å². The first-order chi connectivity index (χ1) is 13.0. The fourth-order valence-corrected chi connectivity index (χ4v) is 2.68. The minimum atomic E-state index is -0.528. The zero-order valence-electron chi connectivity index (χ0n) is 14.6. The van der Waals surface area contributed by atoms with Crippen LogP contribution in [0.1, 0.15) is 0 Å². The summed E-state index contributed by atoms with van der Waals surface area (Å²) in [5.41, 5.74) is -0.0832. The first-order valence-electron chi connectivity index (χ1n) is 8.21. The predicted octanol–water partition coefficient (Wildman–Crippen LogP) is 2.73. The summed E-state index contributed by atoms with van der Waals surface area (Å²) >= 11 is 6.01. The summed E-state index contributed by atoms with van der Waals surface area (Å²) < 4.78 is 20.1. The van der Waals surface area contributed by atoms with Gasteiger partial charge in [0.1, 0.15) is 24.7 Å². The summed E-state index contributed by atoms with van der Waals surface area (Å²) in [5, 5.41) is 0.627. The molecule has 0 atom stereocenters. The summed E-state index contributed by atoms with van der Waals surface area (Å²) in [5.74, 6) is -0.284. The van der Waals surface area contributed by atoms with Crippen molar-refractivity contribution >= 4 is 28.4 Å². The molecule has 0 radical (unpaired) electrons. The van der Waals surface area contributed by atoms with Crippen LogP contribution in [0.4, 0.5) is 4.39 Å². The number of carbonyl (C=O) groups excluding carboxylic acids is 1. The molecule has 140 valence electrons. The number of halogens is 2. The number of likely N-dealkylation sites (N-methyl/N-ethyl adjacent to an activating group) is 1. The Morgan fingerprint density at radius 3 is 2.85 bits per heavy atom. The Morgan fingerprint density at radius 1 is 1.30 bits per heavy atom. The zero-order valence-corrected chi connectivity index (χ0v) is 15.3. The van der Waals surface area contributed by atoms with E-state index in [2.05, 4.69) is 4.98 Å². The van der Waals surface area contributed by atoms with Gasteiger partial charge in [0.05, 0.1) is 28.8 Å². The third-order valence-corrected chi connectivity index (χ3v) is 4.35. The normalized spacial score (nSPS) is 10.8. The van der Waals surface area contributed by atoms with Crippen molar-refractivity contribution in [3.05, 3.63) is 70.0 Å². The number of carbonyl (C=O) groups is 1. The maximum atomic E-state index is 13.4. The van der Waals surface area contributed by atoms with E-state index in [0.29, 0.717) is 22.8 Å². The lowest BCUT2D eigenvalue weighted by molar-refractivity contribution is -0.130. The molecule has 0 N–H and O–H groups in total. The highest BCUT2D eigenvalue weighted by Gasteiger charge is 2.13. The molecule has 1 amide bonds. The van der Waals surface area contributed by atoms with E-state index >= 15 is 0 Å². The minimum absolute atomic E-state index is 0.134. The van der Waals surface area contributed by atoms with Crippen LogP contribution in [0.15, 0.2) is 53.6 Å². The molecule has 3 aromatic rings. The number of rotatable bonds is 6. The van der Waals surface area contributed by atoms with Gasteiger partial charge in [-0.25, -0.2) is 9.37 Å². The average Bonchev–Trinajstić information content (AvgIpc) is 2.65. The Labute approximate surface area is 159 Å². The molecule has 2 aromatic carbocycles. The Balaban J connectivity index is 1.63. The van der Waals surface area contributed by atoms with Gasteiger partial charge in [-0.1, -0.05) is 23.7 Å². The Hall–Kier alpha value is -2.93. The van der Waals surface area contributed by atoms with Crippen molar-refractivity contribution < 1.29 is 13.9 Å². The molecule has 3 rings (SSSR count). The number of hydrogen-bond donors (Lipinski definition) is 0. The van der Waals surface area contributed by atoms with Gasteiger partial charge in [0.2, 0.25) is 5.91 Å².